The monoisotopic (exact) mass is 625 g/mol. The number of rotatable bonds is 8. The van der Waals surface area contributed by atoms with Crippen LogP contribution in [0, 0.1) is 25.7 Å². The first-order chi connectivity index (χ1) is 21.7. The minimum absolute atomic E-state index is 0.0137. The van der Waals surface area contributed by atoms with Crippen molar-refractivity contribution in [3.8, 4) is 28.0 Å². The van der Waals surface area contributed by atoms with Crippen molar-refractivity contribution in [2.24, 2.45) is 11.8 Å². The Kier molecular flexibility index (Phi) is 8.40. The highest BCUT2D eigenvalue weighted by atomic mass is 32.1. The largest absolute Gasteiger partial charge is 0.506 e. The number of benzene rings is 3. The molecule has 0 radical (unpaired) electrons. The van der Waals surface area contributed by atoms with E-state index >= 15 is 0 Å². The molecule has 6 rings (SSSR count). The fraction of sp³-hybridized carbons (Fsp3) is 0.257. The van der Waals surface area contributed by atoms with E-state index < -0.39 is 5.97 Å². The molecular formula is C35H31NO8S. The number of esters is 3. The Hall–Kier alpha value is -4.96. The molecule has 45 heavy (non-hydrogen) atoms. The molecule has 0 aliphatic heterocycles. The summed E-state index contributed by atoms with van der Waals surface area (Å²) in [6.07, 6.45) is 3.06. The van der Waals surface area contributed by atoms with Crippen molar-refractivity contribution in [1.29, 1.82) is 0 Å². The topological polar surface area (TPSA) is 125 Å². The average Bonchev–Trinajstić information content (AvgIpc) is 3.68. The van der Waals surface area contributed by atoms with Gasteiger partial charge < -0.3 is 23.7 Å². The van der Waals surface area contributed by atoms with E-state index in [1.54, 1.807) is 30.3 Å². The molecule has 1 saturated carbocycles. The number of carbonyl (C=O) groups is 3. The average molecular weight is 626 g/mol. The lowest BCUT2D eigenvalue weighted by Crippen LogP contribution is -2.30. The smallest absolute Gasteiger partial charge is 0.330 e. The molecule has 1 fully saturated rings. The van der Waals surface area contributed by atoms with Crippen LogP contribution in [0.4, 0.5) is 0 Å². The SMILES string of the molecule is C=CC(=O)OCc1ccc(OC(=O)C2CCC(C(=O)Oc3ccc(O)c4nc(-c5cc6c(C)cc(C)cc6o5)sc34)CC2)cc1. The molecule has 5 aromatic rings. The van der Waals surface area contributed by atoms with E-state index in [4.69, 9.17) is 18.6 Å². The molecule has 2 heterocycles. The van der Waals surface area contributed by atoms with Crippen molar-refractivity contribution in [1.82, 2.24) is 4.98 Å². The minimum Gasteiger partial charge on any atom is -0.506 e. The highest BCUT2D eigenvalue weighted by Crippen LogP contribution is 2.42. The van der Waals surface area contributed by atoms with Crippen molar-refractivity contribution < 1.29 is 38.1 Å². The highest BCUT2D eigenvalue weighted by Gasteiger charge is 2.32. The number of aromatic hydroxyl groups is 1. The van der Waals surface area contributed by atoms with Crippen LogP contribution in [-0.4, -0.2) is 28.0 Å². The van der Waals surface area contributed by atoms with Gasteiger partial charge in [0.1, 0.15) is 33.9 Å². The molecule has 0 unspecified atom stereocenters. The van der Waals surface area contributed by atoms with E-state index in [-0.39, 0.29) is 36.1 Å². The highest BCUT2D eigenvalue weighted by molar-refractivity contribution is 7.22. The van der Waals surface area contributed by atoms with Crippen molar-refractivity contribution >= 4 is 50.4 Å². The third-order valence-corrected chi connectivity index (χ3v) is 9.06. The van der Waals surface area contributed by atoms with Crippen LogP contribution >= 0.6 is 11.3 Å². The lowest BCUT2D eigenvalue weighted by atomic mass is 9.82. The van der Waals surface area contributed by atoms with Gasteiger partial charge in [0.2, 0.25) is 0 Å². The summed E-state index contributed by atoms with van der Waals surface area (Å²) in [5.41, 5.74) is 4.05. The summed E-state index contributed by atoms with van der Waals surface area (Å²) in [7, 11) is 0. The summed E-state index contributed by atoms with van der Waals surface area (Å²) in [6, 6.07) is 15.8. The van der Waals surface area contributed by atoms with Crippen LogP contribution in [0.3, 0.4) is 0 Å². The van der Waals surface area contributed by atoms with Crippen molar-refractivity contribution in [2.75, 3.05) is 0 Å². The van der Waals surface area contributed by atoms with Gasteiger partial charge in [-0.15, -0.1) is 11.3 Å². The summed E-state index contributed by atoms with van der Waals surface area (Å²) in [5.74, 6) is -0.660. The number of aromatic nitrogens is 1. The molecule has 230 valence electrons. The fourth-order valence-electron chi connectivity index (χ4n) is 5.57. The number of carbonyl (C=O) groups excluding carboxylic acids is 3. The Labute approximate surface area is 263 Å². The second-order valence-corrected chi connectivity index (χ2v) is 12.2. The molecule has 0 atom stereocenters. The van der Waals surface area contributed by atoms with Crippen LogP contribution < -0.4 is 9.47 Å². The summed E-state index contributed by atoms with van der Waals surface area (Å²) in [6.45, 7) is 7.50. The number of hydrogen-bond acceptors (Lipinski definition) is 10. The second-order valence-electron chi connectivity index (χ2n) is 11.2. The Morgan fingerprint density at radius 3 is 2.36 bits per heavy atom. The quantitative estimate of drug-likeness (QED) is 0.106. The van der Waals surface area contributed by atoms with E-state index in [9.17, 15) is 19.5 Å². The van der Waals surface area contributed by atoms with E-state index in [2.05, 4.69) is 17.6 Å². The zero-order chi connectivity index (χ0) is 31.7. The van der Waals surface area contributed by atoms with Gasteiger partial charge in [-0.1, -0.05) is 24.8 Å². The minimum atomic E-state index is -0.511. The molecule has 0 bridgehead atoms. The van der Waals surface area contributed by atoms with Gasteiger partial charge in [0, 0.05) is 11.5 Å². The summed E-state index contributed by atoms with van der Waals surface area (Å²) < 4.78 is 23.1. The van der Waals surface area contributed by atoms with Gasteiger partial charge in [-0.2, -0.15) is 0 Å². The van der Waals surface area contributed by atoms with Gasteiger partial charge >= 0.3 is 17.9 Å². The van der Waals surface area contributed by atoms with Crippen LogP contribution in [0.25, 0.3) is 32.0 Å². The van der Waals surface area contributed by atoms with Gasteiger partial charge in [-0.3, -0.25) is 9.59 Å². The van der Waals surface area contributed by atoms with Gasteiger partial charge in [0.15, 0.2) is 16.5 Å². The van der Waals surface area contributed by atoms with Crippen LogP contribution in [0.5, 0.6) is 17.2 Å². The number of ether oxygens (including phenoxy) is 3. The Balaban J connectivity index is 1.08. The zero-order valence-corrected chi connectivity index (χ0v) is 25.6. The van der Waals surface area contributed by atoms with E-state index in [1.165, 1.54) is 17.4 Å². The number of phenols is 1. The Morgan fingerprint density at radius 2 is 1.67 bits per heavy atom. The number of phenolic OH excluding ortho intramolecular Hbond substituents is 1. The summed E-state index contributed by atoms with van der Waals surface area (Å²) in [5, 5.41) is 12.1. The molecule has 0 spiro atoms. The van der Waals surface area contributed by atoms with Gasteiger partial charge in [0.25, 0.3) is 0 Å². The molecule has 1 N–H and O–H groups in total. The van der Waals surface area contributed by atoms with Gasteiger partial charge in [-0.25, -0.2) is 9.78 Å². The van der Waals surface area contributed by atoms with Crippen LogP contribution in [0.2, 0.25) is 0 Å². The van der Waals surface area contributed by atoms with Crippen molar-refractivity contribution in [2.45, 2.75) is 46.1 Å². The fourth-order valence-corrected chi connectivity index (χ4v) is 6.56. The lowest BCUT2D eigenvalue weighted by molar-refractivity contribution is -0.145. The number of nitrogens with zero attached hydrogens (tertiary/aromatic N) is 1. The van der Waals surface area contributed by atoms with Crippen LogP contribution in [-0.2, 0) is 25.7 Å². The molecule has 3 aromatic carbocycles. The lowest BCUT2D eigenvalue weighted by Gasteiger charge is -2.25. The first kappa shape index (κ1) is 30.1. The first-order valence-electron chi connectivity index (χ1n) is 14.6. The molecule has 0 amide bonds. The molecule has 9 nitrogen and oxygen atoms in total. The molecule has 2 aromatic heterocycles. The zero-order valence-electron chi connectivity index (χ0n) is 24.8. The molecule has 1 aliphatic carbocycles. The number of fused-ring (bicyclic) bond motifs is 2. The Morgan fingerprint density at radius 1 is 0.978 bits per heavy atom. The number of furan rings is 1. The third kappa shape index (κ3) is 6.46. The maximum Gasteiger partial charge on any atom is 0.330 e. The van der Waals surface area contributed by atoms with Gasteiger partial charge in [0.05, 0.1) is 11.8 Å². The number of aryl methyl sites for hydroxylation is 2. The standard InChI is InChI=1S/C35H31NO8S/c1-4-30(38)41-18-21-5-11-24(12-6-21)42-34(39)22-7-9-23(10-8-22)35(40)44-27-14-13-26(37)31-32(27)45-33(36-31)29-17-25-20(3)15-19(2)16-28(25)43-29/h4-6,11-17,22-23,37H,1,7-10,18H2,2-3H3. The summed E-state index contributed by atoms with van der Waals surface area (Å²) >= 11 is 1.29. The predicted molar refractivity (Wildman–Crippen MR) is 169 cm³/mol. The predicted octanol–water partition coefficient (Wildman–Crippen LogP) is 7.58. The van der Waals surface area contributed by atoms with Crippen LogP contribution in [0.1, 0.15) is 42.4 Å². The second kappa shape index (κ2) is 12.6. The van der Waals surface area contributed by atoms with Crippen molar-refractivity contribution in [3.05, 3.63) is 83.9 Å². The van der Waals surface area contributed by atoms with E-state index in [0.29, 0.717) is 58.2 Å². The number of thiazole rings is 1. The summed E-state index contributed by atoms with van der Waals surface area (Å²) in [4.78, 5) is 41.9. The Bertz CT molecular complexity index is 1930. The molecule has 10 heteroatoms. The first-order valence-corrected chi connectivity index (χ1v) is 15.5. The maximum absolute atomic E-state index is 13.2. The van der Waals surface area contributed by atoms with Crippen molar-refractivity contribution in [3.63, 3.8) is 0 Å². The van der Waals surface area contributed by atoms with Crippen LogP contribution in [0.15, 0.2) is 71.7 Å². The molecular weight excluding hydrogens is 594 g/mol. The maximum atomic E-state index is 13.2. The van der Waals surface area contributed by atoms with Gasteiger partial charge in [-0.05, 0) is 92.6 Å². The van der Waals surface area contributed by atoms with E-state index in [1.807, 2.05) is 26.0 Å². The van der Waals surface area contributed by atoms with E-state index in [0.717, 1.165) is 33.7 Å². The normalized spacial score (nSPS) is 16.4. The number of hydrogen-bond donors (Lipinski definition) is 1. The molecule has 0 saturated heterocycles. The molecule has 1 aliphatic rings. The third-order valence-electron chi connectivity index (χ3n) is 7.98.